The van der Waals surface area contributed by atoms with E-state index in [1.807, 2.05) is 30.3 Å². The first-order chi connectivity index (χ1) is 8.57. The van der Waals surface area contributed by atoms with Crippen LogP contribution in [-0.4, -0.2) is 32.4 Å². The first-order valence-electron chi connectivity index (χ1n) is 6.09. The van der Waals surface area contributed by atoms with Crippen LogP contribution in [-0.2, 0) is 21.1 Å². The first-order valence-corrected chi connectivity index (χ1v) is 7.91. The molecule has 1 aromatic rings. The molecule has 1 atom stereocenters. The quantitative estimate of drug-likeness (QED) is 0.877. The highest BCUT2D eigenvalue weighted by atomic mass is 32.2. The zero-order chi connectivity index (χ0) is 13.0. The summed E-state index contributed by atoms with van der Waals surface area (Å²) >= 11 is 0. The number of rotatable bonds is 4. The van der Waals surface area contributed by atoms with Crippen LogP contribution in [0.3, 0.4) is 0 Å². The predicted octanol–water partition coefficient (Wildman–Crippen LogP) is 0.780. The molecule has 1 aliphatic heterocycles. The van der Waals surface area contributed by atoms with Gasteiger partial charge in [-0.1, -0.05) is 30.3 Å². The standard InChI is InChI=1S/C13H17NO3S/c15-13(12-7-9-18(16,17)10-12)14-8-6-11-4-2-1-3-5-11/h1-5,12H,6-10H2,(H,14,15)/t12-/m0/s1. The normalized spacial score (nSPS) is 21.7. The molecule has 0 unspecified atom stereocenters. The monoisotopic (exact) mass is 267 g/mol. The van der Waals surface area contributed by atoms with Gasteiger partial charge in [0.1, 0.15) is 0 Å². The van der Waals surface area contributed by atoms with Crippen molar-refractivity contribution in [2.45, 2.75) is 12.8 Å². The fourth-order valence-corrected chi connectivity index (χ4v) is 3.86. The lowest BCUT2D eigenvalue weighted by Gasteiger charge is -2.09. The maximum atomic E-state index is 11.7. The van der Waals surface area contributed by atoms with E-state index in [1.54, 1.807) is 0 Å². The van der Waals surface area contributed by atoms with Crippen molar-refractivity contribution in [2.24, 2.45) is 5.92 Å². The van der Waals surface area contributed by atoms with Crippen LogP contribution < -0.4 is 5.32 Å². The summed E-state index contributed by atoms with van der Waals surface area (Å²) in [5, 5.41) is 2.81. The van der Waals surface area contributed by atoms with E-state index >= 15 is 0 Å². The summed E-state index contributed by atoms with van der Waals surface area (Å²) in [6.45, 7) is 0.555. The van der Waals surface area contributed by atoms with Crippen molar-refractivity contribution in [3.8, 4) is 0 Å². The molecule has 1 N–H and O–H groups in total. The average molecular weight is 267 g/mol. The number of hydrogen-bond donors (Lipinski definition) is 1. The van der Waals surface area contributed by atoms with E-state index in [4.69, 9.17) is 0 Å². The van der Waals surface area contributed by atoms with Gasteiger partial charge in [0, 0.05) is 6.54 Å². The second-order valence-corrected chi connectivity index (χ2v) is 6.86. The van der Waals surface area contributed by atoms with Gasteiger partial charge in [0.05, 0.1) is 17.4 Å². The summed E-state index contributed by atoms with van der Waals surface area (Å²) < 4.78 is 22.5. The third kappa shape index (κ3) is 3.57. The second kappa shape index (κ2) is 5.52. The van der Waals surface area contributed by atoms with Gasteiger partial charge in [-0.3, -0.25) is 4.79 Å². The summed E-state index contributed by atoms with van der Waals surface area (Å²) in [5.74, 6) is -0.341. The Balaban J connectivity index is 1.76. The van der Waals surface area contributed by atoms with Crippen LogP contribution in [0.1, 0.15) is 12.0 Å². The number of sulfone groups is 1. The fraction of sp³-hybridized carbons (Fsp3) is 0.462. The van der Waals surface area contributed by atoms with E-state index in [0.29, 0.717) is 13.0 Å². The van der Waals surface area contributed by atoms with Gasteiger partial charge in [0.15, 0.2) is 9.84 Å². The van der Waals surface area contributed by atoms with Crippen molar-refractivity contribution < 1.29 is 13.2 Å². The van der Waals surface area contributed by atoms with E-state index in [1.165, 1.54) is 0 Å². The maximum absolute atomic E-state index is 11.7. The highest BCUT2D eigenvalue weighted by molar-refractivity contribution is 7.91. The molecule has 0 radical (unpaired) electrons. The van der Waals surface area contributed by atoms with E-state index in [0.717, 1.165) is 12.0 Å². The number of carbonyl (C=O) groups is 1. The second-order valence-electron chi connectivity index (χ2n) is 4.63. The number of hydrogen-bond acceptors (Lipinski definition) is 3. The highest BCUT2D eigenvalue weighted by Crippen LogP contribution is 2.18. The predicted molar refractivity (Wildman–Crippen MR) is 69.9 cm³/mol. The minimum absolute atomic E-state index is 0.00414. The summed E-state index contributed by atoms with van der Waals surface area (Å²) in [6, 6.07) is 9.88. The number of benzene rings is 1. The van der Waals surface area contributed by atoms with Gasteiger partial charge in [-0.25, -0.2) is 8.42 Å². The van der Waals surface area contributed by atoms with Crippen molar-refractivity contribution in [1.82, 2.24) is 5.32 Å². The lowest BCUT2D eigenvalue weighted by Crippen LogP contribution is -2.32. The third-order valence-corrected chi connectivity index (χ3v) is 4.93. The van der Waals surface area contributed by atoms with Crippen LogP contribution in [0.2, 0.25) is 0 Å². The molecular formula is C13H17NO3S. The minimum atomic E-state index is -2.98. The Morgan fingerprint density at radius 3 is 2.61 bits per heavy atom. The Morgan fingerprint density at radius 1 is 1.28 bits per heavy atom. The first kappa shape index (κ1) is 13.1. The zero-order valence-electron chi connectivity index (χ0n) is 10.1. The SMILES string of the molecule is O=C(NCCc1ccccc1)[C@H]1CCS(=O)(=O)C1. The van der Waals surface area contributed by atoms with Gasteiger partial charge < -0.3 is 5.32 Å². The molecule has 1 heterocycles. The van der Waals surface area contributed by atoms with Gasteiger partial charge in [-0.15, -0.1) is 0 Å². The molecule has 1 aliphatic rings. The van der Waals surface area contributed by atoms with Gasteiger partial charge in [0.25, 0.3) is 0 Å². The number of amides is 1. The minimum Gasteiger partial charge on any atom is -0.356 e. The van der Waals surface area contributed by atoms with E-state index < -0.39 is 9.84 Å². The molecule has 0 saturated carbocycles. The lowest BCUT2D eigenvalue weighted by atomic mass is 10.1. The van der Waals surface area contributed by atoms with Gasteiger partial charge in [-0.05, 0) is 18.4 Å². The highest BCUT2D eigenvalue weighted by Gasteiger charge is 2.32. The summed E-state index contributed by atoms with van der Waals surface area (Å²) in [6.07, 6.45) is 1.23. The molecule has 1 amide bonds. The number of nitrogens with one attached hydrogen (secondary N) is 1. The molecule has 0 bridgehead atoms. The molecule has 4 nitrogen and oxygen atoms in total. The maximum Gasteiger partial charge on any atom is 0.224 e. The van der Waals surface area contributed by atoms with Gasteiger partial charge in [0.2, 0.25) is 5.91 Å². The molecule has 18 heavy (non-hydrogen) atoms. The molecule has 1 fully saturated rings. The van der Waals surface area contributed by atoms with Crippen molar-refractivity contribution in [1.29, 1.82) is 0 Å². The molecule has 98 valence electrons. The molecule has 1 aromatic carbocycles. The summed E-state index contributed by atoms with van der Waals surface area (Å²) in [5.41, 5.74) is 1.16. The van der Waals surface area contributed by atoms with Crippen LogP contribution in [0.5, 0.6) is 0 Å². The molecular weight excluding hydrogens is 250 g/mol. The average Bonchev–Trinajstić information content (AvgIpc) is 2.71. The van der Waals surface area contributed by atoms with Crippen molar-refractivity contribution in [3.63, 3.8) is 0 Å². The molecule has 1 saturated heterocycles. The van der Waals surface area contributed by atoms with E-state index in [-0.39, 0.29) is 23.3 Å². The van der Waals surface area contributed by atoms with Crippen LogP contribution in [0.15, 0.2) is 30.3 Å². The Morgan fingerprint density at radius 2 is 2.00 bits per heavy atom. The van der Waals surface area contributed by atoms with Crippen LogP contribution >= 0.6 is 0 Å². The van der Waals surface area contributed by atoms with Crippen molar-refractivity contribution in [2.75, 3.05) is 18.1 Å². The summed E-state index contributed by atoms with van der Waals surface area (Å²) in [4.78, 5) is 11.7. The Bertz CT molecular complexity index is 510. The van der Waals surface area contributed by atoms with Crippen LogP contribution in [0.25, 0.3) is 0 Å². The lowest BCUT2D eigenvalue weighted by molar-refractivity contribution is -0.124. The fourth-order valence-electron chi connectivity index (χ4n) is 2.12. The van der Waals surface area contributed by atoms with Crippen molar-refractivity contribution >= 4 is 15.7 Å². The Hall–Kier alpha value is -1.36. The van der Waals surface area contributed by atoms with Gasteiger partial charge >= 0.3 is 0 Å². The summed E-state index contributed by atoms with van der Waals surface area (Å²) in [7, 11) is -2.98. The van der Waals surface area contributed by atoms with E-state index in [2.05, 4.69) is 5.32 Å². The van der Waals surface area contributed by atoms with E-state index in [9.17, 15) is 13.2 Å². The van der Waals surface area contributed by atoms with Crippen LogP contribution in [0.4, 0.5) is 0 Å². The number of carbonyl (C=O) groups excluding carboxylic acids is 1. The smallest absolute Gasteiger partial charge is 0.224 e. The molecule has 2 rings (SSSR count). The topological polar surface area (TPSA) is 63.2 Å². The molecule has 0 spiro atoms. The molecule has 0 aromatic heterocycles. The molecule has 5 heteroatoms. The van der Waals surface area contributed by atoms with Gasteiger partial charge in [-0.2, -0.15) is 0 Å². The zero-order valence-corrected chi connectivity index (χ0v) is 10.9. The third-order valence-electron chi connectivity index (χ3n) is 3.16. The van der Waals surface area contributed by atoms with Crippen LogP contribution in [0, 0.1) is 5.92 Å². The molecule has 0 aliphatic carbocycles. The Kier molecular flexibility index (Phi) is 4.01. The Labute approximate surface area is 107 Å². The largest absolute Gasteiger partial charge is 0.356 e. The van der Waals surface area contributed by atoms with Crippen molar-refractivity contribution in [3.05, 3.63) is 35.9 Å².